The van der Waals surface area contributed by atoms with Crippen molar-refractivity contribution >= 4 is 11.8 Å². The summed E-state index contributed by atoms with van der Waals surface area (Å²) < 4.78 is 5.16. The fourth-order valence-electron chi connectivity index (χ4n) is 1.93. The second-order valence-corrected chi connectivity index (χ2v) is 5.09. The number of carbonyl (C=O) groups is 2. The van der Waals surface area contributed by atoms with E-state index < -0.39 is 11.7 Å². The average Bonchev–Trinajstić information content (AvgIpc) is 2.64. The number of nitrogens with zero attached hydrogens (tertiary/aromatic N) is 1. The second kappa shape index (κ2) is 4.75. The molecule has 0 spiro atoms. The molecule has 1 atom stereocenters. The van der Waals surface area contributed by atoms with E-state index in [1.807, 2.05) is 0 Å². The number of carbonyl (C=O) groups excluding carboxylic acids is 2. The maximum absolute atomic E-state index is 12.1. The van der Waals surface area contributed by atoms with Crippen LogP contribution in [0.4, 0.5) is 0 Å². The SMILES string of the molecule is COC(C)(C)C(O)CN1C(=O)c2ccccc2C1=O. The van der Waals surface area contributed by atoms with Crippen molar-refractivity contribution in [1.82, 2.24) is 4.90 Å². The molecule has 0 radical (unpaired) electrons. The summed E-state index contributed by atoms with van der Waals surface area (Å²) in [5.74, 6) is -0.738. The topological polar surface area (TPSA) is 66.8 Å². The van der Waals surface area contributed by atoms with E-state index >= 15 is 0 Å². The lowest BCUT2D eigenvalue weighted by molar-refractivity contribution is -0.0821. The van der Waals surface area contributed by atoms with Crippen molar-refractivity contribution in [1.29, 1.82) is 0 Å². The average molecular weight is 263 g/mol. The van der Waals surface area contributed by atoms with Crippen LogP contribution >= 0.6 is 0 Å². The lowest BCUT2D eigenvalue weighted by atomic mass is 10.0. The second-order valence-electron chi connectivity index (χ2n) is 5.09. The van der Waals surface area contributed by atoms with E-state index in [2.05, 4.69) is 0 Å². The first kappa shape index (κ1) is 13.7. The fraction of sp³-hybridized carbons (Fsp3) is 0.429. The van der Waals surface area contributed by atoms with Crippen LogP contribution in [0.5, 0.6) is 0 Å². The monoisotopic (exact) mass is 263 g/mol. The number of fused-ring (bicyclic) bond motifs is 1. The zero-order valence-electron chi connectivity index (χ0n) is 11.2. The molecule has 1 unspecified atom stereocenters. The predicted molar refractivity (Wildman–Crippen MR) is 68.9 cm³/mol. The van der Waals surface area contributed by atoms with Crippen LogP contribution in [0.15, 0.2) is 24.3 Å². The molecule has 0 aromatic heterocycles. The van der Waals surface area contributed by atoms with E-state index in [0.29, 0.717) is 11.1 Å². The lowest BCUT2D eigenvalue weighted by Gasteiger charge is -2.31. The highest BCUT2D eigenvalue weighted by atomic mass is 16.5. The van der Waals surface area contributed by atoms with E-state index in [-0.39, 0.29) is 18.4 Å². The molecule has 0 aliphatic carbocycles. The summed E-state index contributed by atoms with van der Waals surface area (Å²) in [6.45, 7) is 3.33. The molecule has 1 aromatic carbocycles. The quantitative estimate of drug-likeness (QED) is 0.825. The van der Waals surface area contributed by atoms with Crippen LogP contribution in [0.1, 0.15) is 34.6 Å². The molecule has 1 aliphatic rings. The van der Waals surface area contributed by atoms with E-state index in [4.69, 9.17) is 4.74 Å². The normalized spacial score (nSPS) is 16.7. The number of methoxy groups -OCH3 is 1. The molecule has 102 valence electrons. The number of rotatable bonds is 4. The van der Waals surface area contributed by atoms with Crippen LogP contribution in [0.25, 0.3) is 0 Å². The zero-order chi connectivity index (χ0) is 14.2. The third-order valence-corrected chi connectivity index (χ3v) is 3.56. The van der Waals surface area contributed by atoms with Gasteiger partial charge in [0.15, 0.2) is 0 Å². The molecule has 1 aromatic rings. The van der Waals surface area contributed by atoms with E-state index in [0.717, 1.165) is 4.90 Å². The fourth-order valence-corrected chi connectivity index (χ4v) is 1.93. The molecular formula is C14H17NO4. The van der Waals surface area contributed by atoms with Gasteiger partial charge in [0.25, 0.3) is 11.8 Å². The van der Waals surface area contributed by atoms with Gasteiger partial charge in [0, 0.05) is 7.11 Å². The number of aliphatic hydroxyl groups is 1. The van der Waals surface area contributed by atoms with Gasteiger partial charge in [0.05, 0.1) is 23.3 Å². The molecule has 0 saturated carbocycles. The molecule has 2 rings (SSSR count). The molecule has 19 heavy (non-hydrogen) atoms. The summed E-state index contributed by atoms with van der Waals surface area (Å²) in [5, 5.41) is 10.1. The molecule has 1 aliphatic heterocycles. The maximum Gasteiger partial charge on any atom is 0.261 e. The van der Waals surface area contributed by atoms with Crippen molar-refractivity contribution in [2.24, 2.45) is 0 Å². The van der Waals surface area contributed by atoms with Gasteiger partial charge in [-0.1, -0.05) is 12.1 Å². The number of hydrogen-bond acceptors (Lipinski definition) is 4. The molecule has 0 saturated heterocycles. The molecular weight excluding hydrogens is 246 g/mol. The van der Waals surface area contributed by atoms with Gasteiger partial charge in [-0.2, -0.15) is 0 Å². The Bertz CT molecular complexity index is 489. The first-order chi connectivity index (χ1) is 8.88. The van der Waals surface area contributed by atoms with Crippen LogP contribution in [-0.4, -0.2) is 47.2 Å². The molecule has 5 heteroatoms. The Morgan fingerprint density at radius 1 is 1.21 bits per heavy atom. The molecule has 0 fully saturated rings. The smallest absolute Gasteiger partial charge is 0.261 e. The van der Waals surface area contributed by atoms with Crippen molar-refractivity contribution in [2.75, 3.05) is 13.7 Å². The predicted octanol–water partition coefficient (Wildman–Crippen LogP) is 1.07. The van der Waals surface area contributed by atoms with Crippen LogP contribution in [-0.2, 0) is 4.74 Å². The van der Waals surface area contributed by atoms with Gasteiger partial charge in [-0.25, -0.2) is 0 Å². The number of imide groups is 1. The molecule has 5 nitrogen and oxygen atoms in total. The summed E-state index contributed by atoms with van der Waals surface area (Å²) in [6.07, 6.45) is -0.945. The van der Waals surface area contributed by atoms with Gasteiger partial charge in [-0.3, -0.25) is 14.5 Å². The Kier molecular flexibility index (Phi) is 3.43. The maximum atomic E-state index is 12.1. The number of hydrogen-bond donors (Lipinski definition) is 1. The van der Waals surface area contributed by atoms with Crippen LogP contribution in [0.3, 0.4) is 0 Å². The number of aliphatic hydroxyl groups excluding tert-OH is 1. The summed E-state index contributed by atoms with van der Waals surface area (Å²) in [4.78, 5) is 25.3. The Labute approximate surface area is 111 Å². The van der Waals surface area contributed by atoms with Crippen LogP contribution < -0.4 is 0 Å². The lowest BCUT2D eigenvalue weighted by Crippen LogP contribution is -2.47. The highest BCUT2D eigenvalue weighted by molar-refractivity contribution is 6.21. The van der Waals surface area contributed by atoms with Gasteiger partial charge in [-0.05, 0) is 26.0 Å². The van der Waals surface area contributed by atoms with Gasteiger partial charge in [0.2, 0.25) is 0 Å². The van der Waals surface area contributed by atoms with Crippen LogP contribution in [0.2, 0.25) is 0 Å². The van der Waals surface area contributed by atoms with Gasteiger partial charge < -0.3 is 9.84 Å². The van der Waals surface area contributed by atoms with E-state index in [9.17, 15) is 14.7 Å². The van der Waals surface area contributed by atoms with Gasteiger partial charge in [0.1, 0.15) is 6.10 Å². The minimum absolute atomic E-state index is 0.0762. The summed E-state index contributed by atoms with van der Waals surface area (Å²) >= 11 is 0. The first-order valence-electron chi connectivity index (χ1n) is 6.07. The summed E-state index contributed by atoms with van der Waals surface area (Å²) in [7, 11) is 1.48. The van der Waals surface area contributed by atoms with Crippen molar-refractivity contribution in [3.05, 3.63) is 35.4 Å². The number of benzene rings is 1. The molecule has 1 heterocycles. The van der Waals surface area contributed by atoms with Gasteiger partial charge >= 0.3 is 0 Å². The minimum atomic E-state index is -0.945. The minimum Gasteiger partial charge on any atom is -0.388 e. The third kappa shape index (κ3) is 2.27. The van der Waals surface area contributed by atoms with Crippen molar-refractivity contribution in [3.8, 4) is 0 Å². The number of β-amino-alcohol motifs (C(OH)–C–C–N with tert-alkyl or cyclic N) is 1. The Hall–Kier alpha value is -1.72. The Morgan fingerprint density at radius 3 is 2.11 bits per heavy atom. The molecule has 0 bridgehead atoms. The largest absolute Gasteiger partial charge is 0.388 e. The zero-order valence-corrected chi connectivity index (χ0v) is 11.2. The van der Waals surface area contributed by atoms with Crippen molar-refractivity contribution < 1.29 is 19.4 Å². The molecule has 1 N–H and O–H groups in total. The Balaban J connectivity index is 2.21. The summed E-state index contributed by atoms with van der Waals surface area (Å²) in [5.41, 5.74) is -0.0557. The Morgan fingerprint density at radius 2 is 1.68 bits per heavy atom. The highest BCUT2D eigenvalue weighted by Gasteiger charge is 2.39. The summed E-state index contributed by atoms with van der Waals surface area (Å²) in [6, 6.07) is 6.65. The van der Waals surface area contributed by atoms with Crippen LogP contribution in [0, 0.1) is 0 Å². The highest BCUT2D eigenvalue weighted by Crippen LogP contribution is 2.24. The first-order valence-corrected chi connectivity index (χ1v) is 6.07. The standard InChI is InChI=1S/C14H17NO4/c1-14(2,19-3)11(16)8-15-12(17)9-6-4-5-7-10(9)13(15)18/h4-7,11,16H,8H2,1-3H3. The van der Waals surface area contributed by atoms with Crippen molar-refractivity contribution in [2.45, 2.75) is 25.6 Å². The van der Waals surface area contributed by atoms with Crippen molar-refractivity contribution in [3.63, 3.8) is 0 Å². The van der Waals surface area contributed by atoms with E-state index in [1.165, 1.54) is 7.11 Å². The van der Waals surface area contributed by atoms with E-state index in [1.54, 1.807) is 38.1 Å². The number of amides is 2. The third-order valence-electron chi connectivity index (χ3n) is 3.56. The van der Waals surface area contributed by atoms with Gasteiger partial charge in [-0.15, -0.1) is 0 Å². The number of ether oxygens (including phenoxy) is 1. The molecule has 2 amide bonds.